The molecule has 0 saturated heterocycles. The summed E-state index contributed by atoms with van der Waals surface area (Å²) in [5.74, 6) is 0.857. The quantitative estimate of drug-likeness (QED) is 0.626. The summed E-state index contributed by atoms with van der Waals surface area (Å²) in [6.45, 7) is 2.59. The number of hydrogen-bond donors (Lipinski definition) is 2. The highest BCUT2D eigenvalue weighted by Crippen LogP contribution is 2.17. The fourth-order valence-corrected chi connectivity index (χ4v) is 1.86. The Morgan fingerprint density at radius 1 is 1.47 bits per heavy atom. The molecule has 3 rings (SSSR count). The van der Waals surface area contributed by atoms with Crippen molar-refractivity contribution in [1.29, 1.82) is 0 Å². The Balaban J connectivity index is 2.42. The molecule has 0 unspecified atom stereocenters. The number of nitrogens with two attached hydrogens (primary N) is 1. The molecule has 0 bridgehead atoms. The molecule has 0 aliphatic heterocycles. The van der Waals surface area contributed by atoms with Crippen molar-refractivity contribution in [3.05, 3.63) is 35.7 Å². The van der Waals surface area contributed by atoms with Crippen molar-refractivity contribution < 1.29 is 0 Å². The third kappa shape index (κ3) is 1.15. The number of fused-ring (bicyclic) bond motifs is 3. The second-order valence-electron chi connectivity index (χ2n) is 3.78. The number of aryl methyl sites for hydroxylation is 1. The third-order valence-electron chi connectivity index (χ3n) is 2.62. The molecule has 0 aliphatic carbocycles. The van der Waals surface area contributed by atoms with Crippen LogP contribution in [0.25, 0.3) is 16.8 Å². The summed E-state index contributed by atoms with van der Waals surface area (Å²) in [6.07, 6.45) is 2.00. The maximum absolute atomic E-state index is 5.57. The van der Waals surface area contributed by atoms with Gasteiger partial charge in [0, 0.05) is 18.4 Å². The molecule has 0 saturated carbocycles. The number of nitrogens with one attached hydrogen (secondary N) is 1. The van der Waals surface area contributed by atoms with Crippen LogP contribution in [0.2, 0.25) is 0 Å². The minimum atomic E-state index is 0.511. The summed E-state index contributed by atoms with van der Waals surface area (Å²) in [4.78, 5) is 7.66. The van der Waals surface area contributed by atoms with Crippen LogP contribution < -0.4 is 5.73 Å². The molecule has 0 aliphatic rings. The topological polar surface area (TPSA) is 59.1 Å². The predicted molar refractivity (Wildman–Crippen MR) is 59.7 cm³/mol. The molecule has 2 heterocycles. The van der Waals surface area contributed by atoms with E-state index in [0.29, 0.717) is 6.54 Å². The molecular weight excluding hydrogens is 188 g/mol. The highest BCUT2D eigenvalue weighted by atomic mass is 15.1. The second-order valence-corrected chi connectivity index (χ2v) is 3.78. The van der Waals surface area contributed by atoms with Gasteiger partial charge in [0.15, 0.2) is 0 Å². The van der Waals surface area contributed by atoms with Gasteiger partial charge < -0.3 is 10.7 Å². The maximum Gasteiger partial charge on any atom is 0.212 e. The monoisotopic (exact) mass is 200 g/mol. The number of H-pyrrole nitrogens is 1. The minimum absolute atomic E-state index is 0.511. The van der Waals surface area contributed by atoms with E-state index >= 15 is 0 Å². The van der Waals surface area contributed by atoms with E-state index in [1.54, 1.807) is 0 Å². The van der Waals surface area contributed by atoms with Crippen molar-refractivity contribution >= 4 is 16.8 Å². The zero-order valence-electron chi connectivity index (χ0n) is 8.49. The van der Waals surface area contributed by atoms with E-state index < -0.39 is 0 Å². The lowest BCUT2D eigenvalue weighted by Crippen LogP contribution is -1.95. The van der Waals surface area contributed by atoms with E-state index in [0.717, 1.165) is 22.5 Å². The van der Waals surface area contributed by atoms with Gasteiger partial charge in [-0.2, -0.15) is 0 Å². The summed E-state index contributed by atoms with van der Waals surface area (Å²) in [6, 6.07) is 6.23. The Kier molecular flexibility index (Phi) is 1.61. The number of aromatic nitrogens is 3. The van der Waals surface area contributed by atoms with Crippen molar-refractivity contribution in [3.8, 4) is 0 Å². The van der Waals surface area contributed by atoms with Crippen molar-refractivity contribution in [3.63, 3.8) is 0 Å². The van der Waals surface area contributed by atoms with Crippen LogP contribution in [0.4, 0.5) is 0 Å². The molecule has 4 nitrogen and oxygen atoms in total. The molecular formula is C11H12N4. The number of imidazole rings is 2. The minimum Gasteiger partial charge on any atom is -0.326 e. The van der Waals surface area contributed by atoms with Gasteiger partial charge in [-0.15, -0.1) is 0 Å². The first-order valence-corrected chi connectivity index (χ1v) is 4.94. The van der Waals surface area contributed by atoms with Gasteiger partial charge in [-0.1, -0.05) is 6.07 Å². The summed E-state index contributed by atoms with van der Waals surface area (Å²) in [5, 5.41) is 0. The average molecular weight is 200 g/mol. The van der Waals surface area contributed by atoms with E-state index in [1.807, 2.05) is 16.7 Å². The lowest BCUT2D eigenvalue weighted by Gasteiger charge is -1.92. The molecule has 3 N–H and O–H groups in total. The summed E-state index contributed by atoms with van der Waals surface area (Å²) in [7, 11) is 0. The van der Waals surface area contributed by atoms with Gasteiger partial charge in [0.2, 0.25) is 5.78 Å². The summed E-state index contributed by atoms with van der Waals surface area (Å²) in [5.41, 5.74) is 9.95. The molecule has 2 aromatic heterocycles. The van der Waals surface area contributed by atoms with Crippen molar-refractivity contribution in [2.75, 3.05) is 0 Å². The van der Waals surface area contributed by atoms with Gasteiger partial charge in [-0.25, -0.2) is 4.98 Å². The molecule has 15 heavy (non-hydrogen) atoms. The molecule has 0 amide bonds. The van der Waals surface area contributed by atoms with Crippen LogP contribution in [-0.2, 0) is 6.54 Å². The molecule has 76 valence electrons. The second kappa shape index (κ2) is 2.84. The summed E-state index contributed by atoms with van der Waals surface area (Å²) < 4.78 is 2.05. The first-order chi connectivity index (χ1) is 7.28. The Morgan fingerprint density at radius 3 is 3.13 bits per heavy atom. The Morgan fingerprint density at radius 2 is 2.33 bits per heavy atom. The summed E-state index contributed by atoms with van der Waals surface area (Å²) >= 11 is 0. The van der Waals surface area contributed by atoms with Crippen LogP contribution in [-0.4, -0.2) is 14.4 Å². The van der Waals surface area contributed by atoms with Gasteiger partial charge in [-0.3, -0.25) is 4.40 Å². The first kappa shape index (κ1) is 8.49. The number of rotatable bonds is 1. The Labute approximate surface area is 86.7 Å². The van der Waals surface area contributed by atoms with Crippen LogP contribution in [0, 0.1) is 6.92 Å². The largest absolute Gasteiger partial charge is 0.326 e. The number of nitrogens with zero attached hydrogens (tertiary/aromatic N) is 2. The first-order valence-electron chi connectivity index (χ1n) is 4.94. The fraction of sp³-hybridized carbons (Fsp3) is 0.182. The SMILES string of the molecule is Cc1ccc2nc3[nH]c(CN)cn3c2c1. The van der Waals surface area contributed by atoms with E-state index in [2.05, 4.69) is 29.0 Å². The lowest BCUT2D eigenvalue weighted by atomic mass is 10.2. The van der Waals surface area contributed by atoms with Crippen molar-refractivity contribution in [2.24, 2.45) is 5.73 Å². The van der Waals surface area contributed by atoms with Crippen LogP contribution >= 0.6 is 0 Å². The zero-order valence-corrected chi connectivity index (χ0v) is 8.49. The van der Waals surface area contributed by atoms with Crippen molar-refractivity contribution in [1.82, 2.24) is 14.4 Å². The predicted octanol–water partition coefficient (Wildman–Crippen LogP) is 1.58. The van der Waals surface area contributed by atoms with Crippen LogP contribution in [0.1, 0.15) is 11.3 Å². The van der Waals surface area contributed by atoms with Crippen molar-refractivity contribution in [2.45, 2.75) is 13.5 Å². The molecule has 1 aromatic carbocycles. The number of hydrogen-bond acceptors (Lipinski definition) is 2. The van der Waals surface area contributed by atoms with Gasteiger partial charge in [-0.05, 0) is 24.6 Å². The average Bonchev–Trinajstić information content (AvgIpc) is 2.75. The number of benzene rings is 1. The molecule has 0 atom stereocenters. The van der Waals surface area contributed by atoms with Gasteiger partial charge in [0.05, 0.1) is 11.0 Å². The molecule has 0 radical (unpaired) electrons. The Bertz CT molecular complexity index is 632. The van der Waals surface area contributed by atoms with Gasteiger partial charge in [0.1, 0.15) is 0 Å². The highest BCUT2D eigenvalue weighted by molar-refractivity contribution is 5.80. The fourth-order valence-electron chi connectivity index (χ4n) is 1.86. The van der Waals surface area contributed by atoms with Crippen LogP contribution in [0.15, 0.2) is 24.4 Å². The maximum atomic E-state index is 5.57. The molecule has 4 heteroatoms. The lowest BCUT2D eigenvalue weighted by molar-refractivity contribution is 1.01. The smallest absolute Gasteiger partial charge is 0.212 e. The van der Waals surface area contributed by atoms with Gasteiger partial charge in [0.25, 0.3) is 0 Å². The molecule has 0 spiro atoms. The Hall–Kier alpha value is -1.81. The van der Waals surface area contributed by atoms with E-state index in [4.69, 9.17) is 5.73 Å². The third-order valence-corrected chi connectivity index (χ3v) is 2.62. The zero-order chi connectivity index (χ0) is 10.4. The molecule has 0 fully saturated rings. The van der Waals surface area contributed by atoms with E-state index in [9.17, 15) is 0 Å². The number of aromatic amines is 1. The van der Waals surface area contributed by atoms with E-state index in [-0.39, 0.29) is 0 Å². The standard InChI is InChI=1S/C11H12N4/c1-7-2-3-9-10(4-7)15-6-8(5-12)13-11(15)14-9/h2-4,6H,5,12H2,1H3,(H,13,14). The molecule has 3 aromatic rings. The van der Waals surface area contributed by atoms with E-state index in [1.165, 1.54) is 5.56 Å². The van der Waals surface area contributed by atoms with Crippen LogP contribution in [0.3, 0.4) is 0 Å². The normalized spacial score (nSPS) is 11.6. The van der Waals surface area contributed by atoms with Gasteiger partial charge >= 0.3 is 0 Å². The van der Waals surface area contributed by atoms with Crippen LogP contribution in [0.5, 0.6) is 0 Å². The highest BCUT2D eigenvalue weighted by Gasteiger charge is 2.06.